The molecule has 0 N–H and O–H groups in total. The number of carbonyl (C=O) groups excluding carboxylic acids is 1. The Morgan fingerprint density at radius 1 is 1.19 bits per heavy atom. The first-order valence-corrected chi connectivity index (χ1v) is 9.46. The van der Waals surface area contributed by atoms with Crippen molar-refractivity contribution in [3.8, 4) is 11.3 Å². The summed E-state index contributed by atoms with van der Waals surface area (Å²) in [5.74, 6) is -0.263. The van der Waals surface area contributed by atoms with Crippen LogP contribution in [0.1, 0.15) is 30.8 Å². The third kappa shape index (κ3) is 3.96. The van der Waals surface area contributed by atoms with E-state index in [0.29, 0.717) is 16.4 Å². The van der Waals surface area contributed by atoms with Crippen LogP contribution in [0.4, 0.5) is 4.39 Å². The zero-order chi connectivity index (χ0) is 19.4. The fraction of sp³-hybridized carbons (Fsp3) is 0.273. The van der Waals surface area contributed by atoms with E-state index in [1.807, 2.05) is 56.3 Å². The van der Waals surface area contributed by atoms with Gasteiger partial charge in [-0.15, -0.1) is 0 Å². The van der Waals surface area contributed by atoms with Crippen LogP contribution in [0.25, 0.3) is 22.0 Å². The average molecular weight is 385 g/mol. The number of benzene rings is 2. The zero-order valence-electron chi connectivity index (χ0n) is 15.5. The van der Waals surface area contributed by atoms with Gasteiger partial charge in [-0.2, -0.15) is 0 Å². The minimum atomic E-state index is -0.582. The molecule has 0 bridgehead atoms. The Bertz CT molecular complexity index is 960. The molecule has 0 spiro atoms. The molecule has 1 heterocycles. The van der Waals surface area contributed by atoms with Crippen molar-refractivity contribution in [3.05, 3.63) is 65.3 Å². The summed E-state index contributed by atoms with van der Waals surface area (Å²) in [5, 5.41) is 2.39. The normalized spacial score (nSPS) is 12.1. The molecule has 2 aromatic carbocycles. The lowest BCUT2D eigenvalue weighted by atomic mass is 10.0. The molecule has 1 unspecified atom stereocenters. The second-order valence-electron chi connectivity index (χ2n) is 6.50. The van der Waals surface area contributed by atoms with Crippen molar-refractivity contribution >= 4 is 28.3 Å². The highest BCUT2D eigenvalue weighted by Crippen LogP contribution is 2.32. The molecule has 0 saturated carbocycles. The summed E-state index contributed by atoms with van der Waals surface area (Å²) in [6.07, 6.45) is 0.747. The SMILES string of the molecule is CCC(C)N(CCF)C(=O)c1cc2ccccc2c(-c2ccccc2Cl)n1. The number of halogens is 2. The molecule has 0 fully saturated rings. The molecule has 0 saturated heterocycles. The maximum Gasteiger partial charge on any atom is 0.272 e. The van der Waals surface area contributed by atoms with Gasteiger partial charge >= 0.3 is 0 Å². The summed E-state index contributed by atoms with van der Waals surface area (Å²) in [5.41, 5.74) is 1.73. The van der Waals surface area contributed by atoms with E-state index in [-0.39, 0.29) is 18.5 Å². The highest BCUT2D eigenvalue weighted by atomic mass is 35.5. The van der Waals surface area contributed by atoms with E-state index in [1.165, 1.54) is 0 Å². The van der Waals surface area contributed by atoms with Crippen LogP contribution in [0.5, 0.6) is 0 Å². The molecule has 140 valence electrons. The standard InChI is InChI=1S/C22H22ClFN2O/c1-3-15(2)26(13-12-24)22(27)20-14-16-8-4-5-9-17(16)21(25-20)18-10-6-7-11-19(18)23/h4-11,14-15H,3,12-13H2,1-2H3. The highest BCUT2D eigenvalue weighted by Gasteiger charge is 2.23. The summed E-state index contributed by atoms with van der Waals surface area (Å²) >= 11 is 6.39. The van der Waals surface area contributed by atoms with Gasteiger partial charge in [0, 0.05) is 28.6 Å². The number of amides is 1. The van der Waals surface area contributed by atoms with Crippen LogP contribution < -0.4 is 0 Å². The van der Waals surface area contributed by atoms with Gasteiger partial charge in [0.1, 0.15) is 12.4 Å². The van der Waals surface area contributed by atoms with Gasteiger partial charge in [-0.25, -0.2) is 9.37 Å². The number of hydrogen-bond donors (Lipinski definition) is 0. The number of carbonyl (C=O) groups is 1. The van der Waals surface area contributed by atoms with E-state index in [2.05, 4.69) is 4.98 Å². The summed E-state index contributed by atoms with van der Waals surface area (Å²) in [4.78, 5) is 19.3. The zero-order valence-corrected chi connectivity index (χ0v) is 16.2. The van der Waals surface area contributed by atoms with Gasteiger partial charge in [0.15, 0.2) is 0 Å². The van der Waals surface area contributed by atoms with Crippen LogP contribution in [0.2, 0.25) is 5.02 Å². The largest absolute Gasteiger partial charge is 0.332 e. The first kappa shape index (κ1) is 19.3. The Morgan fingerprint density at radius 3 is 2.59 bits per heavy atom. The quantitative estimate of drug-likeness (QED) is 0.540. The molecule has 3 aromatic rings. The van der Waals surface area contributed by atoms with E-state index in [4.69, 9.17) is 11.6 Å². The monoisotopic (exact) mass is 384 g/mol. The predicted octanol–water partition coefficient (Wildman–Crippen LogP) is 5.77. The first-order chi connectivity index (χ1) is 13.1. The van der Waals surface area contributed by atoms with Gasteiger partial charge in [0.2, 0.25) is 0 Å². The highest BCUT2D eigenvalue weighted by molar-refractivity contribution is 6.33. The topological polar surface area (TPSA) is 33.2 Å². The Kier molecular flexibility index (Phi) is 6.07. The fourth-order valence-corrected chi connectivity index (χ4v) is 3.37. The second kappa shape index (κ2) is 8.49. The molecule has 0 radical (unpaired) electrons. The molecule has 1 aromatic heterocycles. The van der Waals surface area contributed by atoms with Crippen molar-refractivity contribution in [1.82, 2.24) is 9.88 Å². The minimum Gasteiger partial charge on any atom is -0.332 e. The first-order valence-electron chi connectivity index (χ1n) is 9.08. The maximum atomic E-state index is 13.1. The molecule has 1 atom stereocenters. The number of alkyl halides is 1. The van der Waals surface area contributed by atoms with Gasteiger partial charge in [-0.05, 0) is 30.9 Å². The van der Waals surface area contributed by atoms with Crippen LogP contribution in [0.15, 0.2) is 54.6 Å². The maximum absolute atomic E-state index is 13.1. The Morgan fingerprint density at radius 2 is 1.89 bits per heavy atom. The minimum absolute atomic E-state index is 0.0593. The Hall–Kier alpha value is -2.46. The van der Waals surface area contributed by atoms with Gasteiger partial charge in [0.05, 0.1) is 5.69 Å². The Labute approximate surface area is 163 Å². The van der Waals surface area contributed by atoms with E-state index in [9.17, 15) is 9.18 Å². The van der Waals surface area contributed by atoms with Gasteiger partial charge in [-0.3, -0.25) is 4.79 Å². The fourth-order valence-electron chi connectivity index (χ4n) is 3.15. The number of fused-ring (bicyclic) bond motifs is 1. The molecular formula is C22H22ClFN2O. The van der Waals surface area contributed by atoms with E-state index < -0.39 is 6.67 Å². The van der Waals surface area contributed by atoms with Crippen molar-refractivity contribution in [2.45, 2.75) is 26.3 Å². The third-order valence-corrected chi connectivity index (χ3v) is 5.13. The van der Waals surface area contributed by atoms with E-state index >= 15 is 0 Å². The molecule has 3 nitrogen and oxygen atoms in total. The van der Waals surface area contributed by atoms with Gasteiger partial charge < -0.3 is 4.90 Å². The van der Waals surface area contributed by atoms with Crippen LogP contribution in [0, 0.1) is 0 Å². The van der Waals surface area contributed by atoms with Crippen LogP contribution >= 0.6 is 11.6 Å². The van der Waals surface area contributed by atoms with Gasteiger partial charge in [-0.1, -0.05) is 61.0 Å². The second-order valence-corrected chi connectivity index (χ2v) is 6.91. The molecule has 27 heavy (non-hydrogen) atoms. The van der Waals surface area contributed by atoms with Crippen molar-refractivity contribution < 1.29 is 9.18 Å². The number of pyridine rings is 1. The molecule has 0 aliphatic heterocycles. The summed E-state index contributed by atoms with van der Waals surface area (Å²) < 4.78 is 13.0. The van der Waals surface area contributed by atoms with Crippen LogP contribution in [0.3, 0.4) is 0 Å². The predicted molar refractivity (Wildman–Crippen MR) is 109 cm³/mol. The summed E-state index contributed by atoms with van der Waals surface area (Å²) in [6.45, 7) is 3.38. The number of hydrogen-bond acceptors (Lipinski definition) is 2. The Balaban J connectivity index is 2.18. The average Bonchev–Trinajstić information content (AvgIpc) is 2.70. The third-order valence-electron chi connectivity index (χ3n) is 4.80. The molecule has 0 aliphatic carbocycles. The lowest BCUT2D eigenvalue weighted by molar-refractivity contribution is 0.0668. The molecule has 0 aliphatic rings. The number of aromatic nitrogens is 1. The van der Waals surface area contributed by atoms with Crippen molar-refractivity contribution in [2.75, 3.05) is 13.2 Å². The molecular weight excluding hydrogens is 363 g/mol. The van der Waals surface area contributed by atoms with Crippen LogP contribution in [-0.2, 0) is 0 Å². The van der Waals surface area contributed by atoms with Crippen molar-refractivity contribution in [1.29, 1.82) is 0 Å². The van der Waals surface area contributed by atoms with E-state index in [0.717, 1.165) is 22.8 Å². The van der Waals surface area contributed by atoms with E-state index in [1.54, 1.807) is 17.0 Å². The van der Waals surface area contributed by atoms with Gasteiger partial charge in [0.25, 0.3) is 5.91 Å². The molecule has 3 rings (SSSR count). The molecule has 1 amide bonds. The summed E-state index contributed by atoms with van der Waals surface area (Å²) in [6, 6.07) is 16.9. The summed E-state index contributed by atoms with van der Waals surface area (Å²) in [7, 11) is 0. The molecule has 5 heteroatoms. The lowest BCUT2D eigenvalue weighted by Crippen LogP contribution is -2.40. The smallest absolute Gasteiger partial charge is 0.272 e. The number of nitrogens with zero attached hydrogens (tertiary/aromatic N) is 2. The van der Waals surface area contributed by atoms with Crippen molar-refractivity contribution in [2.24, 2.45) is 0 Å². The van der Waals surface area contributed by atoms with Crippen LogP contribution in [-0.4, -0.2) is 35.1 Å². The lowest BCUT2D eigenvalue weighted by Gasteiger charge is -2.27. The number of rotatable bonds is 6. The van der Waals surface area contributed by atoms with Crippen molar-refractivity contribution in [3.63, 3.8) is 0 Å².